The summed E-state index contributed by atoms with van der Waals surface area (Å²) in [6, 6.07) is 11.9. The van der Waals surface area contributed by atoms with Crippen molar-refractivity contribution >= 4 is 22.7 Å². The highest BCUT2D eigenvalue weighted by Crippen LogP contribution is 2.38. The SMILES string of the molecule is CCOC(=O)C1=C2C(=O)C(OCCc3ccc4ccccc4n3)C(OC)=C(C)C2=CN(CC)C1. The number of para-hydroxylation sites is 1. The van der Waals surface area contributed by atoms with E-state index in [1.165, 1.54) is 7.11 Å². The lowest BCUT2D eigenvalue weighted by atomic mass is 9.81. The summed E-state index contributed by atoms with van der Waals surface area (Å²) in [5, 5.41) is 1.08. The number of pyridine rings is 1. The average molecular weight is 463 g/mol. The van der Waals surface area contributed by atoms with Crippen molar-refractivity contribution in [1.29, 1.82) is 0 Å². The minimum atomic E-state index is -0.921. The molecule has 0 N–H and O–H groups in total. The van der Waals surface area contributed by atoms with E-state index in [0.29, 0.717) is 42.0 Å². The number of rotatable bonds is 8. The minimum Gasteiger partial charge on any atom is -0.498 e. The van der Waals surface area contributed by atoms with Gasteiger partial charge in [0.2, 0.25) is 5.78 Å². The van der Waals surface area contributed by atoms with Gasteiger partial charge in [-0.3, -0.25) is 9.78 Å². The summed E-state index contributed by atoms with van der Waals surface area (Å²) in [5.41, 5.74) is 4.01. The number of methoxy groups -OCH3 is 1. The van der Waals surface area contributed by atoms with Crippen LogP contribution in [0.2, 0.25) is 0 Å². The topological polar surface area (TPSA) is 78.0 Å². The lowest BCUT2D eigenvalue weighted by Gasteiger charge is -2.35. The lowest BCUT2D eigenvalue weighted by molar-refractivity contribution is -0.139. The van der Waals surface area contributed by atoms with Gasteiger partial charge >= 0.3 is 5.97 Å². The molecule has 7 nitrogen and oxygen atoms in total. The number of carbonyl (C=O) groups is 2. The van der Waals surface area contributed by atoms with Crippen LogP contribution in [0.1, 0.15) is 26.5 Å². The highest BCUT2D eigenvalue weighted by molar-refractivity contribution is 6.13. The normalized spacial score (nSPS) is 18.2. The molecule has 1 aromatic carbocycles. The van der Waals surface area contributed by atoms with E-state index in [9.17, 15) is 9.59 Å². The monoisotopic (exact) mass is 462 g/mol. The molecule has 1 aliphatic carbocycles. The Morgan fingerprint density at radius 2 is 1.97 bits per heavy atom. The summed E-state index contributed by atoms with van der Waals surface area (Å²) in [6.07, 6.45) is 1.54. The van der Waals surface area contributed by atoms with Crippen LogP contribution in [0.25, 0.3) is 10.9 Å². The summed E-state index contributed by atoms with van der Waals surface area (Å²) < 4.78 is 17.0. The number of likely N-dealkylation sites (N-methyl/N-ethyl adjacent to an activating group) is 1. The van der Waals surface area contributed by atoms with Crippen LogP contribution in [0.4, 0.5) is 0 Å². The molecule has 0 spiro atoms. The zero-order valence-corrected chi connectivity index (χ0v) is 20.1. The van der Waals surface area contributed by atoms with Gasteiger partial charge in [-0.25, -0.2) is 4.79 Å². The largest absolute Gasteiger partial charge is 0.498 e. The third-order valence-electron chi connectivity index (χ3n) is 6.19. The van der Waals surface area contributed by atoms with Gasteiger partial charge in [-0.1, -0.05) is 24.3 Å². The zero-order chi connectivity index (χ0) is 24.2. The molecule has 34 heavy (non-hydrogen) atoms. The summed E-state index contributed by atoms with van der Waals surface area (Å²) in [4.78, 5) is 33.0. The number of fused-ring (bicyclic) bond motifs is 2. The van der Waals surface area contributed by atoms with E-state index in [2.05, 4.69) is 4.98 Å². The number of carbonyl (C=O) groups excluding carboxylic acids is 2. The van der Waals surface area contributed by atoms with Crippen LogP contribution in [0.3, 0.4) is 0 Å². The Morgan fingerprint density at radius 3 is 2.71 bits per heavy atom. The summed E-state index contributed by atoms with van der Waals surface area (Å²) in [6.45, 7) is 7.18. The fourth-order valence-electron chi connectivity index (χ4n) is 4.41. The van der Waals surface area contributed by atoms with Crippen molar-refractivity contribution in [2.45, 2.75) is 33.3 Å². The molecule has 4 rings (SSSR count). The highest BCUT2D eigenvalue weighted by Gasteiger charge is 2.41. The molecule has 1 unspecified atom stereocenters. The maximum absolute atomic E-state index is 13.6. The average Bonchev–Trinajstić information content (AvgIpc) is 2.86. The number of Topliss-reactive ketones (excluding diaryl/α,β-unsaturated/α-hetero) is 1. The fourth-order valence-corrected chi connectivity index (χ4v) is 4.41. The number of nitrogens with zero attached hydrogens (tertiary/aromatic N) is 2. The molecular weight excluding hydrogens is 432 g/mol. The summed E-state index contributed by atoms with van der Waals surface area (Å²) in [7, 11) is 1.54. The Bertz CT molecular complexity index is 1210. The number of hydrogen-bond acceptors (Lipinski definition) is 7. The van der Waals surface area contributed by atoms with Gasteiger partial charge in [0, 0.05) is 41.4 Å². The van der Waals surface area contributed by atoms with Gasteiger partial charge in [-0.15, -0.1) is 0 Å². The Morgan fingerprint density at radius 1 is 1.18 bits per heavy atom. The maximum atomic E-state index is 13.6. The standard InChI is InChI=1S/C27H30N2O5/c1-5-29-15-20-17(3)25(32-4)26(24(30)23(20)21(16-29)27(31)33-6-2)34-14-13-19-12-11-18-9-7-8-10-22(18)28-19/h7-12,15,26H,5-6,13-14,16H2,1-4H3. The number of ketones is 1. The van der Waals surface area contributed by atoms with Crippen molar-refractivity contribution in [1.82, 2.24) is 9.88 Å². The number of esters is 1. The van der Waals surface area contributed by atoms with E-state index >= 15 is 0 Å². The molecule has 2 aliphatic rings. The minimum absolute atomic E-state index is 0.242. The molecule has 0 bridgehead atoms. The third-order valence-corrected chi connectivity index (χ3v) is 6.19. The Hall–Kier alpha value is -3.45. The third kappa shape index (κ3) is 4.48. The first kappa shape index (κ1) is 23.7. The van der Waals surface area contributed by atoms with Crippen molar-refractivity contribution in [3.05, 3.63) is 76.3 Å². The van der Waals surface area contributed by atoms with Crippen LogP contribution in [-0.2, 0) is 30.2 Å². The number of ether oxygens (including phenoxy) is 3. The Balaban J connectivity index is 1.61. The maximum Gasteiger partial charge on any atom is 0.336 e. The second kappa shape index (κ2) is 10.2. The number of allylic oxidation sites excluding steroid dienone is 2. The summed E-state index contributed by atoms with van der Waals surface area (Å²) >= 11 is 0. The fraction of sp³-hybridized carbons (Fsp3) is 0.370. The van der Waals surface area contributed by atoms with Crippen molar-refractivity contribution < 1.29 is 23.8 Å². The van der Waals surface area contributed by atoms with Crippen LogP contribution in [-0.4, -0.2) is 61.2 Å². The first-order valence-corrected chi connectivity index (χ1v) is 11.6. The van der Waals surface area contributed by atoms with Crippen LogP contribution in [0.15, 0.2) is 70.6 Å². The molecule has 2 aromatic rings. The smallest absolute Gasteiger partial charge is 0.336 e. The molecule has 1 aromatic heterocycles. The van der Waals surface area contributed by atoms with E-state index in [0.717, 1.165) is 22.2 Å². The summed E-state index contributed by atoms with van der Waals surface area (Å²) in [5.74, 6) is -0.283. The van der Waals surface area contributed by atoms with Crippen molar-refractivity contribution in [3.8, 4) is 0 Å². The molecule has 0 amide bonds. The zero-order valence-electron chi connectivity index (χ0n) is 20.1. The van der Waals surface area contributed by atoms with Crippen LogP contribution in [0.5, 0.6) is 0 Å². The Kier molecular flexibility index (Phi) is 7.12. The number of aromatic nitrogens is 1. The number of benzene rings is 1. The van der Waals surface area contributed by atoms with Gasteiger partial charge in [0.25, 0.3) is 0 Å². The molecule has 178 valence electrons. The lowest BCUT2D eigenvalue weighted by Crippen LogP contribution is -2.40. The van der Waals surface area contributed by atoms with Crippen molar-refractivity contribution in [2.75, 3.05) is 33.4 Å². The van der Waals surface area contributed by atoms with Gasteiger partial charge in [0.15, 0.2) is 6.10 Å². The molecule has 0 saturated heterocycles. The van der Waals surface area contributed by atoms with E-state index < -0.39 is 12.1 Å². The van der Waals surface area contributed by atoms with Gasteiger partial charge in [-0.05, 0) is 38.5 Å². The first-order chi connectivity index (χ1) is 16.5. The molecule has 7 heteroatoms. The molecule has 2 heterocycles. The first-order valence-electron chi connectivity index (χ1n) is 11.6. The Labute approximate surface area is 199 Å². The molecular formula is C27H30N2O5. The predicted molar refractivity (Wildman–Crippen MR) is 129 cm³/mol. The second-order valence-corrected chi connectivity index (χ2v) is 8.23. The second-order valence-electron chi connectivity index (χ2n) is 8.23. The van der Waals surface area contributed by atoms with Crippen molar-refractivity contribution in [3.63, 3.8) is 0 Å². The van der Waals surface area contributed by atoms with E-state index in [4.69, 9.17) is 14.2 Å². The van der Waals surface area contributed by atoms with Gasteiger partial charge in [0.05, 0.1) is 38.0 Å². The molecule has 1 atom stereocenters. The van der Waals surface area contributed by atoms with Crippen LogP contribution in [0, 0.1) is 0 Å². The molecule has 0 radical (unpaired) electrons. The predicted octanol–water partition coefficient (Wildman–Crippen LogP) is 3.74. The highest BCUT2D eigenvalue weighted by atomic mass is 16.5. The molecule has 0 saturated carbocycles. The van der Waals surface area contributed by atoms with Gasteiger partial charge < -0.3 is 19.1 Å². The van der Waals surface area contributed by atoms with Crippen LogP contribution >= 0.6 is 0 Å². The van der Waals surface area contributed by atoms with Gasteiger partial charge in [0.1, 0.15) is 5.76 Å². The molecule has 0 fully saturated rings. The molecule has 1 aliphatic heterocycles. The number of hydrogen-bond donors (Lipinski definition) is 0. The van der Waals surface area contributed by atoms with Crippen molar-refractivity contribution in [2.24, 2.45) is 0 Å². The van der Waals surface area contributed by atoms with E-state index in [-0.39, 0.29) is 19.0 Å². The quantitative estimate of drug-likeness (QED) is 0.553. The van der Waals surface area contributed by atoms with Gasteiger partial charge in [-0.2, -0.15) is 0 Å². The van der Waals surface area contributed by atoms with E-state index in [1.54, 1.807) is 6.92 Å². The van der Waals surface area contributed by atoms with E-state index in [1.807, 2.05) is 61.3 Å². The van der Waals surface area contributed by atoms with Crippen LogP contribution < -0.4 is 0 Å².